The van der Waals surface area contributed by atoms with E-state index in [0.29, 0.717) is 13.0 Å². The molecule has 0 spiro atoms. The zero-order valence-electron chi connectivity index (χ0n) is 13.3. The van der Waals surface area contributed by atoms with Gasteiger partial charge in [0.15, 0.2) is 0 Å². The largest absolute Gasteiger partial charge is 0.368 e. The molecule has 120 valence electrons. The number of aryl methyl sites for hydroxylation is 1. The highest BCUT2D eigenvalue weighted by molar-refractivity contribution is 5.95. The number of hydrogen-bond acceptors (Lipinski definition) is 3. The summed E-state index contributed by atoms with van der Waals surface area (Å²) < 4.78 is 5.36. The van der Waals surface area contributed by atoms with Crippen LogP contribution in [0.5, 0.6) is 0 Å². The SMILES string of the molecule is CCCCC(=O)Nc1ccc(NC(=O)[C@H]2CCCO2)cc1C. The van der Waals surface area contributed by atoms with Crippen LogP contribution in [-0.4, -0.2) is 24.5 Å². The molecule has 0 aliphatic carbocycles. The van der Waals surface area contributed by atoms with Gasteiger partial charge in [0.2, 0.25) is 5.91 Å². The lowest BCUT2D eigenvalue weighted by Gasteiger charge is -2.13. The van der Waals surface area contributed by atoms with Gasteiger partial charge in [-0.25, -0.2) is 0 Å². The molecule has 1 heterocycles. The number of hydrogen-bond donors (Lipinski definition) is 2. The van der Waals surface area contributed by atoms with Crippen molar-refractivity contribution in [2.45, 2.75) is 52.1 Å². The van der Waals surface area contributed by atoms with Crippen LogP contribution >= 0.6 is 0 Å². The minimum absolute atomic E-state index is 0.0288. The maximum atomic E-state index is 12.0. The van der Waals surface area contributed by atoms with Gasteiger partial charge in [0, 0.05) is 24.4 Å². The van der Waals surface area contributed by atoms with E-state index in [1.807, 2.05) is 19.1 Å². The quantitative estimate of drug-likeness (QED) is 0.848. The molecule has 0 saturated carbocycles. The first-order chi connectivity index (χ1) is 10.6. The second kappa shape index (κ2) is 7.94. The number of anilines is 2. The first-order valence-electron chi connectivity index (χ1n) is 7.93. The Morgan fingerprint density at radius 2 is 2.14 bits per heavy atom. The van der Waals surface area contributed by atoms with Gasteiger partial charge < -0.3 is 15.4 Å². The molecule has 2 N–H and O–H groups in total. The molecule has 0 radical (unpaired) electrons. The van der Waals surface area contributed by atoms with Gasteiger partial charge in [-0.1, -0.05) is 13.3 Å². The summed E-state index contributed by atoms with van der Waals surface area (Å²) in [5, 5.41) is 5.77. The molecule has 1 aromatic rings. The van der Waals surface area contributed by atoms with Crippen molar-refractivity contribution in [3.05, 3.63) is 23.8 Å². The van der Waals surface area contributed by atoms with E-state index < -0.39 is 0 Å². The van der Waals surface area contributed by atoms with Gasteiger partial charge in [-0.05, 0) is 49.9 Å². The molecular formula is C17H24N2O3. The van der Waals surface area contributed by atoms with Crippen molar-refractivity contribution in [1.82, 2.24) is 0 Å². The number of nitrogens with one attached hydrogen (secondary N) is 2. The zero-order valence-corrected chi connectivity index (χ0v) is 13.3. The second-order valence-corrected chi connectivity index (χ2v) is 5.67. The Hall–Kier alpha value is -1.88. The molecule has 1 atom stereocenters. The maximum absolute atomic E-state index is 12.0. The molecule has 1 saturated heterocycles. The Labute approximate surface area is 131 Å². The number of ether oxygens (including phenoxy) is 1. The third-order valence-electron chi connectivity index (χ3n) is 3.75. The number of carbonyl (C=O) groups is 2. The fourth-order valence-corrected chi connectivity index (χ4v) is 2.44. The van der Waals surface area contributed by atoms with Gasteiger partial charge in [0.1, 0.15) is 6.10 Å². The van der Waals surface area contributed by atoms with Crippen LogP contribution in [0, 0.1) is 6.92 Å². The van der Waals surface area contributed by atoms with Crippen LogP contribution in [0.3, 0.4) is 0 Å². The first kappa shape index (κ1) is 16.5. The van der Waals surface area contributed by atoms with Crippen molar-refractivity contribution < 1.29 is 14.3 Å². The Kier molecular flexibility index (Phi) is 5.95. The van der Waals surface area contributed by atoms with E-state index in [4.69, 9.17) is 4.74 Å². The van der Waals surface area contributed by atoms with Crippen molar-refractivity contribution in [3.63, 3.8) is 0 Å². The number of rotatable bonds is 6. The molecule has 1 aliphatic heterocycles. The van der Waals surface area contributed by atoms with Crippen molar-refractivity contribution in [2.75, 3.05) is 17.2 Å². The molecule has 0 aromatic heterocycles. The summed E-state index contributed by atoms with van der Waals surface area (Å²) in [7, 11) is 0. The highest BCUT2D eigenvalue weighted by Gasteiger charge is 2.23. The number of unbranched alkanes of at least 4 members (excludes halogenated alkanes) is 1. The van der Waals surface area contributed by atoms with E-state index in [0.717, 1.165) is 42.6 Å². The average Bonchev–Trinajstić information content (AvgIpc) is 3.02. The molecule has 5 nitrogen and oxygen atoms in total. The summed E-state index contributed by atoms with van der Waals surface area (Å²) in [5.74, 6) is -0.0716. The fourth-order valence-electron chi connectivity index (χ4n) is 2.44. The van der Waals surface area contributed by atoms with Crippen molar-refractivity contribution in [2.24, 2.45) is 0 Å². The summed E-state index contributed by atoms with van der Waals surface area (Å²) in [6.45, 7) is 4.63. The predicted molar refractivity (Wildman–Crippen MR) is 86.9 cm³/mol. The van der Waals surface area contributed by atoms with Crippen molar-refractivity contribution in [3.8, 4) is 0 Å². The number of carbonyl (C=O) groups excluding carboxylic acids is 2. The van der Waals surface area contributed by atoms with E-state index in [1.54, 1.807) is 6.07 Å². The van der Waals surface area contributed by atoms with E-state index in [9.17, 15) is 9.59 Å². The minimum Gasteiger partial charge on any atom is -0.368 e. The van der Waals surface area contributed by atoms with Crippen LogP contribution in [0.15, 0.2) is 18.2 Å². The Morgan fingerprint density at radius 1 is 1.32 bits per heavy atom. The topological polar surface area (TPSA) is 67.4 Å². The Morgan fingerprint density at radius 3 is 2.77 bits per heavy atom. The lowest BCUT2D eigenvalue weighted by atomic mass is 10.1. The smallest absolute Gasteiger partial charge is 0.253 e. The third-order valence-corrected chi connectivity index (χ3v) is 3.75. The van der Waals surface area contributed by atoms with Gasteiger partial charge in [0.25, 0.3) is 5.91 Å². The fraction of sp³-hybridized carbons (Fsp3) is 0.529. The molecule has 1 aliphatic rings. The van der Waals surface area contributed by atoms with E-state index >= 15 is 0 Å². The van der Waals surface area contributed by atoms with Gasteiger partial charge in [-0.3, -0.25) is 9.59 Å². The summed E-state index contributed by atoms with van der Waals surface area (Å²) in [6.07, 6.45) is 3.79. The molecule has 0 unspecified atom stereocenters. The summed E-state index contributed by atoms with van der Waals surface area (Å²) in [5.41, 5.74) is 2.44. The molecule has 2 rings (SSSR count). The molecule has 22 heavy (non-hydrogen) atoms. The van der Waals surface area contributed by atoms with E-state index in [1.165, 1.54) is 0 Å². The summed E-state index contributed by atoms with van der Waals surface area (Å²) >= 11 is 0. The van der Waals surface area contributed by atoms with Crippen LogP contribution in [0.25, 0.3) is 0 Å². The predicted octanol–water partition coefficient (Wildman–Crippen LogP) is 3.24. The van der Waals surface area contributed by atoms with Crippen LogP contribution in [0.1, 0.15) is 44.6 Å². The first-order valence-corrected chi connectivity index (χ1v) is 7.93. The average molecular weight is 304 g/mol. The van der Waals surface area contributed by atoms with E-state index in [2.05, 4.69) is 17.6 Å². The molecule has 1 fully saturated rings. The zero-order chi connectivity index (χ0) is 15.9. The minimum atomic E-state index is -0.339. The number of benzene rings is 1. The standard InChI is InChI=1S/C17H24N2O3/c1-3-4-7-16(20)19-14-9-8-13(11-12(14)2)18-17(21)15-6-5-10-22-15/h8-9,11,15H,3-7,10H2,1-2H3,(H,18,21)(H,19,20)/t15-/m1/s1. The van der Waals surface area contributed by atoms with Crippen LogP contribution in [0.4, 0.5) is 11.4 Å². The van der Waals surface area contributed by atoms with Crippen molar-refractivity contribution in [1.29, 1.82) is 0 Å². The molecule has 5 heteroatoms. The molecule has 1 aromatic carbocycles. The van der Waals surface area contributed by atoms with Crippen LogP contribution in [-0.2, 0) is 14.3 Å². The van der Waals surface area contributed by atoms with Gasteiger partial charge in [0.05, 0.1) is 0 Å². The molecule has 0 bridgehead atoms. The van der Waals surface area contributed by atoms with E-state index in [-0.39, 0.29) is 17.9 Å². The lowest BCUT2D eigenvalue weighted by Crippen LogP contribution is -2.26. The Bertz CT molecular complexity index is 537. The summed E-state index contributed by atoms with van der Waals surface area (Å²) in [6, 6.07) is 5.49. The van der Waals surface area contributed by atoms with Crippen molar-refractivity contribution >= 4 is 23.2 Å². The normalized spacial score (nSPS) is 17.3. The van der Waals surface area contributed by atoms with Crippen LogP contribution < -0.4 is 10.6 Å². The number of amides is 2. The lowest BCUT2D eigenvalue weighted by molar-refractivity contribution is -0.124. The van der Waals surface area contributed by atoms with Gasteiger partial charge in [-0.15, -0.1) is 0 Å². The van der Waals surface area contributed by atoms with Crippen LogP contribution in [0.2, 0.25) is 0 Å². The van der Waals surface area contributed by atoms with Gasteiger partial charge >= 0.3 is 0 Å². The monoisotopic (exact) mass is 304 g/mol. The highest BCUT2D eigenvalue weighted by atomic mass is 16.5. The Balaban J connectivity index is 1.93. The van der Waals surface area contributed by atoms with Gasteiger partial charge in [-0.2, -0.15) is 0 Å². The third kappa shape index (κ3) is 4.56. The molecule has 2 amide bonds. The maximum Gasteiger partial charge on any atom is 0.253 e. The molecular weight excluding hydrogens is 280 g/mol. The highest BCUT2D eigenvalue weighted by Crippen LogP contribution is 2.21. The second-order valence-electron chi connectivity index (χ2n) is 5.67. The summed E-state index contributed by atoms with van der Waals surface area (Å²) in [4.78, 5) is 23.8.